The van der Waals surface area contributed by atoms with Gasteiger partial charge >= 0.3 is 6.61 Å². The molecule has 104 valence electrons. The Morgan fingerprint density at radius 1 is 1.05 bits per heavy atom. The molecule has 0 amide bonds. The van der Waals surface area contributed by atoms with Crippen LogP contribution in [0.25, 0.3) is 0 Å². The van der Waals surface area contributed by atoms with E-state index in [1.54, 1.807) is 12.1 Å². The van der Waals surface area contributed by atoms with E-state index in [1.165, 1.54) is 30.5 Å². The summed E-state index contributed by atoms with van der Waals surface area (Å²) >= 11 is 0. The first-order chi connectivity index (χ1) is 9.54. The van der Waals surface area contributed by atoms with E-state index in [-0.39, 0.29) is 5.75 Å². The number of halogens is 2. The molecule has 0 spiro atoms. The zero-order chi connectivity index (χ0) is 14.5. The Morgan fingerprint density at radius 3 is 2.20 bits per heavy atom. The number of hydrogen-bond donors (Lipinski definition) is 0. The highest BCUT2D eigenvalue weighted by molar-refractivity contribution is 5.76. The number of nitrogens with zero attached hydrogens (tertiary/aromatic N) is 1. The van der Waals surface area contributed by atoms with Crippen molar-refractivity contribution < 1.29 is 18.3 Å². The first-order valence-electron chi connectivity index (χ1n) is 5.97. The lowest BCUT2D eigenvalue weighted by Gasteiger charge is -2.05. The molecule has 2 aromatic rings. The van der Waals surface area contributed by atoms with Gasteiger partial charge < -0.3 is 9.94 Å². The van der Waals surface area contributed by atoms with E-state index >= 15 is 0 Å². The van der Waals surface area contributed by atoms with Gasteiger partial charge in [-0.2, -0.15) is 13.5 Å². The highest BCUT2D eigenvalue weighted by Gasteiger charge is 2.05. The van der Waals surface area contributed by atoms with E-state index in [0.29, 0.717) is 11.3 Å². The van der Waals surface area contributed by atoms with Gasteiger partial charge in [-0.05, 0) is 31.2 Å². The van der Waals surface area contributed by atoms with Crippen molar-refractivity contribution >= 4 is 11.9 Å². The molecule has 0 unspecified atom stereocenters. The number of benzene rings is 2. The maximum Gasteiger partial charge on any atom is 0.387 e. The second-order valence-corrected chi connectivity index (χ2v) is 4.24. The number of hydrogen-bond acceptors (Lipinski definition) is 2. The summed E-state index contributed by atoms with van der Waals surface area (Å²) in [6.07, 6.45) is 1.37. The Morgan fingerprint density at radius 2 is 1.65 bits per heavy atom. The standard InChI is InChI=1S/C15H13F2NO2/c1-11-2-6-13(7-3-11)18(19)10-12-4-8-14(9-5-12)20-15(16)17/h2-10,15H,1H3/b18-10-. The third-order valence-corrected chi connectivity index (χ3v) is 2.66. The van der Waals surface area contributed by atoms with Crippen molar-refractivity contribution in [3.05, 3.63) is 64.9 Å². The van der Waals surface area contributed by atoms with Gasteiger partial charge in [0.05, 0.1) is 0 Å². The van der Waals surface area contributed by atoms with Crippen LogP contribution in [0.3, 0.4) is 0 Å². The molecule has 0 saturated carbocycles. The van der Waals surface area contributed by atoms with E-state index in [4.69, 9.17) is 0 Å². The maximum absolute atomic E-state index is 12.0. The van der Waals surface area contributed by atoms with Crippen LogP contribution in [0.5, 0.6) is 5.75 Å². The molecule has 0 bridgehead atoms. The van der Waals surface area contributed by atoms with Crippen molar-refractivity contribution in [2.45, 2.75) is 13.5 Å². The summed E-state index contributed by atoms with van der Waals surface area (Å²) in [5, 5.41) is 11.9. The van der Waals surface area contributed by atoms with Crippen LogP contribution >= 0.6 is 0 Å². The number of rotatable bonds is 4. The summed E-state index contributed by atoms with van der Waals surface area (Å²) in [5.41, 5.74) is 2.17. The number of alkyl halides is 2. The highest BCUT2D eigenvalue weighted by Crippen LogP contribution is 2.15. The molecule has 0 saturated heterocycles. The maximum atomic E-state index is 12.0. The molecule has 5 heteroatoms. The summed E-state index contributed by atoms with van der Waals surface area (Å²) in [6, 6.07) is 13.0. The van der Waals surface area contributed by atoms with Crippen LogP contribution in [0.15, 0.2) is 48.5 Å². The van der Waals surface area contributed by atoms with Crippen LogP contribution in [-0.4, -0.2) is 17.6 Å². The molecule has 0 N–H and O–H groups in total. The third-order valence-electron chi connectivity index (χ3n) is 2.66. The molecule has 0 aliphatic carbocycles. The van der Waals surface area contributed by atoms with E-state index in [9.17, 15) is 14.0 Å². The zero-order valence-corrected chi connectivity index (χ0v) is 10.8. The molecule has 3 nitrogen and oxygen atoms in total. The third kappa shape index (κ3) is 3.78. The van der Waals surface area contributed by atoms with Gasteiger partial charge in [0.15, 0.2) is 6.21 Å². The second-order valence-electron chi connectivity index (χ2n) is 4.24. The molecule has 0 atom stereocenters. The highest BCUT2D eigenvalue weighted by atomic mass is 19.3. The van der Waals surface area contributed by atoms with E-state index in [0.717, 1.165) is 10.3 Å². The van der Waals surface area contributed by atoms with Gasteiger partial charge in [0.1, 0.15) is 5.75 Å². The van der Waals surface area contributed by atoms with Gasteiger partial charge in [-0.1, -0.05) is 17.7 Å². The molecule has 0 aromatic heterocycles. The van der Waals surface area contributed by atoms with Crippen LogP contribution in [-0.2, 0) is 0 Å². The lowest BCUT2D eigenvalue weighted by Crippen LogP contribution is -2.02. The summed E-state index contributed by atoms with van der Waals surface area (Å²) in [5.74, 6) is 0.0601. The van der Waals surface area contributed by atoms with Crippen LogP contribution < -0.4 is 4.74 Å². The molecule has 0 aliphatic heterocycles. The minimum Gasteiger partial charge on any atom is -0.618 e. The Labute approximate surface area is 115 Å². The molecular formula is C15H13F2NO2. The summed E-state index contributed by atoms with van der Waals surface area (Å²) in [6.45, 7) is -0.918. The molecular weight excluding hydrogens is 264 g/mol. The van der Waals surface area contributed by atoms with Crippen molar-refractivity contribution in [2.24, 2.45) is 0 Å². The van der Waals surface area contributed by atoms with Crippen molar-refractivity contribution in [2.75, 3.05) is 0 Å². The van der Waals surface area contributed by atoms with Crippen molar-refractivity contribution in [1.82, 2.24) is 0 Å². The minimum absolute atomic E-state index is 0.0601. The van der Waals surface area contributed by atoms with Crippen LogP contribution in [0.1, 0.15) is 11.1 Å². The average Bonchev–Trinajstić information content (AvgIpc) is 2.41. The van der Waals surface area contributed by atoms with Crippen LogP contribution in [0, 0.1) is 12.1 Å². The number of aryl methyl sites for hydroxylation is 1. The SMILES string of the molecule is Cc1ccc(/[N+]([O-])=C/c2ccc(OC(F)F)cc2)cc1. The fraction of sp³-hybridized carbons (Fsp3) is 0.133. The van der Waals surface area contributed by atoms with Crippen molar-refractivity contribution in [3.63, 3.8) is 0 Å². The lowest BCUT2D eigenvalue weighted by molar-refractivity contribution is -0.354. The lowest BCUT2D eigenvalue weighted by atomic mass is 10.2. The van der Waals surface area contributed by atoms with Gasteiger partial charge in [-0.25, -0.2) is 0 Å². The molecule has 0 radical (unpaired) electrons. The number of ether oxygens (including phenoxy) is 1. The molecule has 0 heterocycles. The summed E-state index contributed by atoms with van der Waals surface area (Å²) in [7, 11) is 0. The summed E-state index contributed by atoms with van der Waals surface area (Å²) < 4.78 is 29.0. The predicted molar refractivity (Wildman–Crippen MR) is 72.7 cm³/mol. The van der Waals surface area contributed by atoms with Gasteiger partial charge in [0.25, 0.3) is 0 Å². The largest absolute Gasteiger partial charge is 0.618 e. The Hall–Kier alpha value is -2.43. The van der Waals surface area contributed by atoms with E-state index < -0.39 is 6.61 Å². The first kappa shape index (κ1) is 14.0. The van der Waals surface area contributed by atoms with Gasteiger partial charge in [-0.3, -0.25) is 0 Å². The summed E-state index contributed by atoms with van der Waals surface area (Å²) in [4.78, 5) is 0. The Balaban J connectivity index is 2.15. The van der Waals surface area contributed by atoms with Crippen LogP contribution in [0.2, 0.25) is 0 Å². The topological polar surface area (TPSA) is 35.3 Å². The van der Waals surface area contributed by atoms with Crippen LogP contribution in [0.4, 0.5) is 14.5 Å². The van der Waals surface area contributed by atoms with Gasteiger partial charge in [0.2, 0.25) is 5.69 Å². The fourth-order valence-corrected chi connectivity index (χ4v) is 1.64. The Kier molecular flexibility index (Phi) is 4.30. The van der Waals surface area contributed by atoms with Crippen molar-refractivity contribution in [1.29, 1.82) is 0 Å². The normalized spacial score (nSPS) is 11.7. The minimum atomic E-state index is -2.85. The molecule has 0 aliphatic rings. The van der Waals surface area contributed by atoms with E-state index in [1.807, 2.05) is 19.1 Å². The molecule has 2 rings (SSSR count). The van der Waals surface area contributed by atoms with Gasteiger partial charge in [-0.15, -0.1) is 0 Å². The quantitative estimate of drug-likeness (QED) is 0.368. The molecule has 20 heavy (non-hydrogen) atoms. The first-order valence-corrected chi connectivity index (χ1v) is 5.97. The Bertz CT molecular complexity index is 592. The fourth-order valence-electron chi connectivity index (χ4n) is 1.64. The predicted octanol–water partition coefficient (Wildman–Crippen LogP) is 3.86. The second kappa shape index (κ2) is 6.14. The van der Waals surface area contributed by atoms with Gasteiger partial charge in [0, 0.05) is 17.7 Å². The van der Waals surface area contributed by atoms with Crippen molar-refractivity contribution in [3.8, 4) is 5.75 Å². The monoisotopic (exact) mass is 277 g/mol. The smallest absolute Gasteiger partial charge is 0.387 e. The zero-order valence-electron chi connectivity index (χ0n) is 10.8. The molecule has 0 fully saturated rings. The average molecular weight is 277 g/mol. The molecule has 2 aromatic carbocycles. The van der Waals surface area contributed by atoms with E-state index in [2.05, 4.69) is 4.74 Å².